The first kappa shape index (κ1) is 46.1. The standard InChI is InChI=1S/C47H54N10O8S/c1-31-10-11-34(27-41(31)66(3,62)63)45(59)49-30-35-29-38-37(53-52-35)13-12-36(50-38)33-16-17-48-42(28-33)56-20-18-55(19-21-56)22-26-65-25-6-24-64-23-5-8-32-7-4-9-39-44(32)54(2)47(61)57(39)40-14-15-43(58)51-46(40)60/h4,7,9-13,16-17,27-29,40H,5-6,8,14-15,18-26,30H2,1-3H3,(H,49,59)(H,51,58,60). The number of carbonyl (C=O) groups is 3. The molecule has 66 heavy (non-hydrogen) atoms. The van der Waals surface area contributed by atoms with Crippen molar-refractivity contribution in [3.8, 4) is 11.3 Å². The molecule has 2 aliphatic heterocycles. The third kappa shape index (κ3) is 10.7. The number of imide groups is 1. The topological polar surface area (TPSA) is 213 Å². The molecule has 0 bridgehead atoms. The molecule has 2 aliphatic rings. The highest BCUT2D eigenvalue weighted by atomic mass is 32.2. The van der Waals surface area contributed by atoms with Crippen molar-refractivity contribution in [2.75, 3.05) is 70.3 Å². The first-order valence-corrected chi connectivity index (χ1v) is 24.1. The Morgan fingerprint density at radius 3 is 2.47 bits per heavy atom. The zero-order valence-corrected chi connectivity index (χ0v) is 38.2. The highest BCUT2D eigenvalue weighted by Gasteiger charge is 2.31. The molecule has 0 spiro atoms. The van der Waals surface area contributed by atoms with E-state index in [1.54, 1.807) is 42.9 Å². The first-order chi connectivity index (χ1) is 31.8. The van der Waals surface area contributed by atoms with Crippen molar-refractivity contribution < 1.29 is 32.3 Å². The van der Waals surface area contributed by atoms with E-state index < -0.39 is 27.7 Å². The summed E-state index contributed by atoms with van der Waals surface area (Å²) in [6.45, 7) is 8.47. The molecule has 0 aliphatic carbocycles. The molecule has 346 valence electrons. The zero-order valence-electron chi connectivity index (χ0n) is 37.4. The van der Waals surface area contributed by atoms with Crippen molar-refractivity contribution in [2.24, 2.45) is 7.05 Å². The molecule has 0 radical (unpaired) electrons. The number of para-hydroxylation sites is 1. The van der Waals surface area contributed by atoms with Gasteiger partial charge in [0.05, 0.1) is 46.0 Å². The van der Waals surface area contributed by atoms with Gasteiger partial charge in [0.25, 0.3) is 5.91 Å². The van der Waals surface area contributed by atoms with Crippen LogP contribution in [0.25, 0.3) is 33.3 Å². The van der Waals surface area contributed by atoms with Gasteiger partial charge < -0.3 is 19.7 Å². The number of amides is 3. The average molecular weight is 919 g/mol. The van der Waals surface area contributed by atoms with Gasteiger partial charge in [-0.25, -0.2) is 23.2 Å². The Kier molecular flexibility index (Phi) is 14.3. The molecule has 1 unspecified atom stereocenters. The molecule has 2 aromatic carbocycles. The van der Waals surface area contributed by atoms with Crippen molar-refractivity contribution in [2.45, 2.75) is 56.5 Å². The molecule has 8 rings (SSSR count). The van der Waals surface area contributed by atoms with E-state index in [-0.39, 0.29) is 35.0 Å². The fourth-order valence-corrected chi connectivity index (χ4v) is 9.55. The van der Waals surface area contributed by atoms with E-state index in [1.165, 1.54) is 10.6 Å². The van der Waals surface area contributed by atoms with E-state index in [0.29, 0.717) is 60.7 Å². The Labute approximate surface area is 382 Å². The molecule has 3 amide bonds. The third-order valence-electron chi connectivity index (χ3n) is 12.1. The number of carbonyl (C=O) groups excluding carboxylic acids is 3. The van der Waals surface area contributed by atoms with E-state index in [4.69, 9.17) is 14.5 Å². The summed E-state index contributed by atoms with van der Waals surface area (Å²) in [6.07, 6.45) is 5.71. The number of pyridine rings is 2. The monoisotopic (exact) mass is 918 g/mol. The smallest absolute Gasteiger partial charge is 0.329 e. The van der Waals surface area contributed by atoms with Crippen LogP contribution in [-0.2, 0) is 48.9 Å². The summed E-state index contributed by atoms with van der Waals surface area (Å²) in [5.74, 6) is -0.293. The second-order valence-electron chi connectivity index (χ2n) is 16.7. The summed E-state index contributed by atoms with van der Waals surface area (Å²) in [7, 11) is -1.76. The molecule has 6 aromatic rings. The van der Waals surface area contributed by atoms with Crippen LogP contribution in [0.5, 0.6) is 0 Å². The van der Waals surface area contributed by atoms with Crippen LogP contribution >= 0.6 is 0 Å². The number of nitrogens with zero attached hydrogens (tertiary/aromatic N) is 8. The summed E-state index contributed by atoms with van der Waals surface area (Å²) in [5.41, 5.74) is 6.48. The molecule has 19 heteroatoms. The van der Waals surface area contributed by atoms with Crippen molar-refractivity contribution in [3.63, 3.8) is 0 Å². The lowest BCUT2D eigenvalue weighted by molar-refractivity contribution is -0.135. The maximum Gasteiger partial charge on any atom is 0.329 e. The van der Waals surface area contributed by atoms with E-state index in [1.807, 2.05) is 42.5 Å². The molecule has 1 atom stereocenters. The van der Waals surface area contributed by atoms with E-state index >= 15 is 0 Å². The summed E-state index contributed by atoms with van der Waals surface area (Å²) in [4.78, 5) is 64.7. The van der Waals surface area contributed by atoms with Crippen LogP contribution < -0.4 is 21.2 Å². The van der Waals surface area contributed by atoms with Gasteiger partial charge in [0.1, 0.15) is 17.4 Å². The number of imidazole rings is 1. The van der Waals surface area contributed by atoms with Gasteiger partial charge in [-0.15, -0.1) is 5.10 Å². The maximum atomic E-state index is 13.2. The predicted octanol–water partition coefficient (Wildman–Crippen LogP) is 3.54. The number of rotatable bonds is 18. The number of hydrogen-bond acceptors (Lipinski definition) is 14. The Morgan fingerprint density at radius 2 is 1.68 bits per heavy atom. The normalized spacial score (nSPS) is 16.0. The van der Waals surface area contributed by atoms with Gasteiger partial charge >= 0.3 is 5.69 Å². The number of aromatic nitrogens is 6. The number of hydrogen-bond donors (Lipinski definition) is 2. The molecular weight excluding hydrogens is 865 g/mol. The number of nitrogens with one attached hydrogen (secondary N) is 2. The van der Waals surface area contributed by atoms with Gasteiger partial charge in [0, 0.05) is 89.6 Å². The fraction of sp³-hybridized carbons (Fsp3) is 0.404. The molecule has 0 saturated carbocycles. The molecule has 18 nitrogen and oxygen atoms in total. The van der Waals surface area contributed by atoms with Crippen molar-refractivity contribution in [1.29, 1.82) is 0 Å². The number of benzene rings is 2. The van der Waals surface area contributed by atoms with Crippen LogP contribution in [0.4, 0.5) is 5.82 Å². The Balaban J connectivity index is 0.737. The number of piperazine rings is 1. The van der Waals surface area contributed by atoms with E-state index in [2.05, 4.69) is 35.6 Å². The maximum absolute atomic E-state index is 13.2. The third-order valence-corrected chi connectivity index (χ3v) is 13.3. The minimum absolute atomic E-state index is 0.0882. The Bertz CT molecular complexity index is 2950. The lowest BCUT2D eigenvalue weighted by atomic mass is 10.0. The number of piperidine rings is 1. The van der Waals surface area contributed by atoms with Crippen molar-refractivity contribution in [1.82, 2.24) is 44.8 Å². The molecule has 6 heterocycles. The summed E-state index contributed by atoms with van der Waals surface area (Å²) in [6, 6.07) is 19.2. The second kappa shape index (κ2) is 20.4. The highest BCUT2D eigenvalue weighted by molar-refractivity contribution is 7.90. The van der Waals surface area contributed by atoms with Crippen LogP contribution in [0.1, 0.15) is 58.9 Å². The number of sulfone groups is 1. The predicted molar refractivity (Wildman–Crippen MR) is 248 cm³/mol. The summed E-state index contributed by atoms with van der Waals surface area (Å²) >= 11 is 0. The van der Waals surface area contributed by atoms with Gasteiger partial charge in [-0.1, -0.05) is 18.2 Å². The van der Waals surface area contributed by atoms with Crippen LogP contribution in [0.3, 0.4) is 0 Å². The number of ether oxygens (including phenoxy) is 2. The van der Waals surface area contributed by atoms with Crippen LogP contribution in [0, 0.1) is 6.92 Å². The van der Waals surface area contributed by atoms with Gasteiger partial charge in [-0.3, -0.25) is 33.7 Å². The highest BCUT2D eigenvalue weighted by Crippen LogP contribution is 2.27. The fourth-order valence-electron chi connectivity index (χ4n) is 8.55. The van der Waals surface area contributed by atoms with Crippen molar-refractivity contribution >= 4 is 55.4 Å². The van der Waals surface area contributed by atoms with Gasteiger partial charge in [0.2, 0.25) is 11.8 Å². The first-order valence-electron chi connectivity index (χ1n) is 22.2. The molecule has 4 aromatic heterocycles. The quantitative estimate of drug-likeness (QED) is 0.0933. The minimum atomic E-state index is -3.48. The molecule has 2 N–H and O–H groups in total. The lowest BCUT2D eigenvalue weighted by Gasteiger charge is -2.35. The van der Waals surface area contributed by atoms with E-state index in [9.17, 15) is 27.6 Å². The molecule has 2 saturated heterocycles. The van der Waals surface area contributed by atoms with Gasteiger partial charge in [0.15, 0.2) is 9.84 Å². The lowest BCUT2D eigenvalue weighted by Crippen LogP contribution is -2.47. The van der Waals surface area contributed by atoms with Crippen molar-refractivity contribution in [3.05, 3.63) is 106 Å². The number of fused-ring (bicyclic) bond motifs is 2. The molecular formula is C47H54N10O8S. The zero-order chi connectivity index (χ0) is 46.4. The van der Waals surface area contributed by atoms with Gasteiger partial charge in [-0.2, -0.15) is 5.10 Å². The number of aryl methyl sites for hydroxylation is 3. The SMILES string of the molecule is Cc1ccc(C(=O)NCc2cc3nc(-c4ccnc(N5CCN(CCOCCCOCCCc6cccc7c6n(C)c(=O)n7C6CCC(=O)NC6=O)CC5)c4)ccc3nn2)cc1S(C)(=O)=O. The summed E-state index contributed by atoms with van der Waals surface area (Å²) < 4.78 is 39.2. The molecule has 2 fully saturated rings. The second-order valence-corrected chi connectivity index (χ2v) is 18.7. The summed E-state index contributed by atoms with van der Waals surface area (Å²) in [5, 5.41) is 13.7. The largest absolute Gasteiger partial charge is 0.381 e. The van der Waals surface area contributed by atoms with Gasteiger partial charge in [-0.05, 0) is 92.3 Å². The minimum Gasteiger partial charge on any atom is -0.381 e. The number of anilines is 1. The Morgan fingerprint density at radius 1 is 0.894 bits per heavy atom. The average Bonchev–Trinajstić information content (AvgIpc) is 3.57. The Hall–Kier alpha value is -6.41. The van der Waals surface area contributed by atoms with E-state index in [0.717, 1.165) is 86.4 Å². The van der Waals surface area contributed by atoms with Crippen LogP contribution in [0.2, 0.25) is 0 Å². The van der Waals surface area contributed by atoms with Crippen LogP contribution in [-0.4, -0.2) is 126 Å². The van der Waals surface area contributed by atoms with Crippen LogP contribution in [0.15, 0.2) is 82.6 Å².